The Labute approximate surface area is 142 Å². The molecule has 0 aliphatic rings. The SMILES string of the molecule is CC(C)(C)OC(=O)c1sc(-c2cc(Br)c(Br)s2)cc1N. The molecular formula is C13H13Br2NO2S2. The first-order valence-corrected chi connectivity index (χ1v) is 8.97. The number of hydrogen-bond acceptors (Lipinski definition) is 5. The van der Waals surface area contributed by atoms with Gasteiger partial charge in [0.15, 0.2) is 0 Å². The molecular weight excluding hydrogens is 426 g/mol. The molecule has 0 amide bonds. The van der Waals surface area contributed by atoms with Gasteiger partial charge in [-0.3, -0.25) is 0 Å². The van der Waals surface area contributed by atoms with Crippen LogP contribution in [-0.2, 0) is 4.74 Å². The summed E-state index contributed by atoms with van der Waals surface area (Å²) in [5.41, 5.74) is 5.87. The fourth-order valence-corrected chi connectivity index (χ4v) is 4.54. The monoisotopic (exact) mass is 437 g/mol. The molecule has 0 aliphatic carbocycles. The van der Waals surface area contributed by atoms with Gasteiger partial charge in [0, 0.05) is 14.2 Å². The maximum Gasteiger partial charge on any atom is 0.350 e. The van der Waals surface area contributed by atoms with Crippen LogP contribution in [0.2, 0.25) is 0 Å². The van der Waals surface area contributed by atoms with E-state index < -0.39 is 5.60 Å². The number of hydrogen-bond donors (Lipinski definition) is 1. The Balaban J connectivity index is 2.32. The summed E-state index contributed by atoms with van der Waals surface area (Å²) in [6, 6.07) is 3.81. The highest BCUT2D eigenvalue weighted by molar-refractivity contribution is 9.13. The summed E-state index contributed by atoms with van der Waals surface area (Å²) in [4.78, 5) is 14.6. The van der Waals surface area contributed by atoms with Crippen molar-refractivity contribution in [1.29, 1.82) is 0 Å². The van der Waals surface area contributed by atoms with Crippen molar-refractivity contribution in [2.75, 3.05) is 5.73 Å². The van der Waals surface area contributed by atoms with Gasteiger partial charge in [0.25, 0.3) is 0 Å². The number of nitrogen functional groups attached to an aromatic ring is 1. The number of carbonyl (C=O) groups excluding carboxylic acids is 1. The summed E-state index contributed by atoms with van der Waals surface area (Å²) in [5.74, 6) is -0.374. The topological polar surface area (TPSA) is 52.3 Å². The van der Waals surface area contributed by atoms with E-state index in [0.717, 1.165) is 18.0 Å². The van der Waals surface area contributed by atoms with Gasteiger partial charge >= 0.3 is 5.97 Å². The lowest BCUT2D eigenvalue weighted by molar-refractivity contribution is 0.00764. The van der Waals surface area contributed by atoms with E-state index in [2.05, 4.69) is 31.9 Å². The van der Waals surface area contributed by atoms with Gasteiger partial charge < -0.3 is 10.5 Å². The minimum absolute atomic E-state index is 0.374. The second-order valence-corrected chi connectivity index (χ2v) is 9.41. The second kappa shape index (κ2) is 5.79. The number of thiophene rings is 2. The van der Waals surface area contributed by atoms with Crippen LogP contribution in [0.5, 0.6) is 0 Å². The van der Waals surface area contributed by atoms with E-state index in [1.165, 1.54) is 11.3 Å². The minimum Gasteiger partial charge on any atom is -0.456 e. The van der Waals surface area contributed by atoms with Crippen LogP contribution in [0.25, 0.3) is 9.75 Å². The lowest BCUT2D eigenvalue weighted by atomic mass is 10.2. The van der Waals surface area contributed by atoms with Gasteiger partial charge in [-0.15, -0.1) is 22.7 Å². The van der Waals surface area contributed by atoms with Gasteiger partial charge in [0.1, 0.15) is 10.5 Å². The normalized spacial score (nSPS) is 11.7. The Morgan fingerprint density at radius 2 is 1.80 bits per heavy atom. The van der Waals surface area contributed by atoms with Crippen LogP contribution in [0.15, 0.2) is 20.4 Å². The predicted octanol–water partition coefficient (Wildman–Crippen LogP) is 5.54. The second-order valence-electron chi connectivity index (χ2n) is 5.13. The third-order valence-electron chi connectivity index (χ3n) is 2.23. The van der Waals surface area contributed by atoms with E-state index in [4.69, 9.17) is 10.5 Å². The molecule has 0 aromatic carbocycles. The molecule has 0 unspecified atom stereocenters. The molecule has 3 nitrogen and oxygen atoms in total. The molecule has 108 valence electrons. The van der Waals surface area contributed by atoms with Gasteiger partial charge in [-0.2, -0.15) is 0 Å². The van der Waals surface area contributed by atoms with E-state index in [1.807, 2.05) is 32.9 Å². The van der Waals surface area contributed by atoms with Crippen LogP contribution in [0, 0.1) is 0 Å². The molecule has 0 saturated carbocycles. The largest absolute Gasteiger partial charge is 0.456 e. The summed E-state index contributed by atoms with van der Waals surface area (Å²) >= 11 is 9.85. The molecule has 7 heteroatoms. The highest BCUT2D eigenvalue weighted by Crippen LogP contribution is 2.42. The molecule has 0 fully saturated rings. The Hall–Kier alpha value is -0.370. The maximum absolute atomic E-state index is 12.1. The van der Waals surface area contributed by atoms with Gasteiger partial charge in [-0.05, 0) is 64.8 Å². The average Bonchev–Trinajstić information content (AvgIpc) is 2.81. The number of halogens is 2. The molecule has 0 bridgehead atoms. The van der Waals surface area contributed by atoms with Crippen molar-refractivity contribution in [3.8, 4) is 9.75 Å². The standard InChI is InChI=1S/C13H13Br2NO2S2/c1-13(2,3)18-12(17)10-7(16)5-9(19-10)8-4-6(14)11(15)20-8/h4-5H,16H2,1-3H3. The quantitative estimate of drug-likeness (QED) is 0.626. The first-order chi connectivity index (χ1) is 9.17. The van der Waals surface area contributed by atoms with E-state index in [0.29, 0.717) is 10.6 Å². The lowest BCUT2D eigenvalue weighted by Crippen LogP contribution is -2.23. The van der Waals surface area contributed by atoms with Crippen LogP contribution in [0.3, 0.4) is 0 Å². The molecule has 2 rings (SSSR count). The highest BCUT2D eigenvalue weighted by atomic mass is 79.9. The number of rotatable bonds is 2. The van der Waals surface area contributed by atoms with Gasteiger partial charge in [-0.25, -0.2) is 4.79 Å². The van der Waals surface area contributed by atoms with Crippen LogP contribution in [0.4, 0.5) is 5.69 Å². The number of carbonyl (C=O) groups is 1. The summed E-state index contributed by atoms with van der Waals surface area (Å²) in [5, 5.41) is 0. The smallest absolute Gasteiger partial charge is 0.350 e. The van der Waals surface area contributed by atoms with E-state index in [9.17, 15) is 4.79 Å². The van der Waals surface area contributed by atoms with Crippen LogP contribution in [0.1, 0.15) is 30.4 Å². The van der Waals surface area contributed by atoms with Gasteiger partial charge in [0.2, 0.25) is 0 Å². The number of ether oxygens (including phenoxy) is 1. The number of anilines is 1. The fourth-order valence-electron chi connectivity index (χ4n) is 1.48. The third kappa shape index (κ3) is 3.63. The zero-order chi connectivity index (χ0) is 15.1. The van der Waals surface area contributed by atoms with Crippen molar-refractivity contribution in [3.63, 3.8) is 0 Å². The Morgan fingerprint density at radius 3 is 2.30 bits per heavy atom. The third-order valence-corrected chi connectivity index (χ3v) is 6.82. The van der Waals surface area contributed by atoms with Crippen LogP contribution in [-0.4, -0.2) is 11.6 Å². The Bertz CT molecular complexity index is 636. The zero-order valence-electron chi connectivity index (χ0n) is 11.1. The first-order valence-electron chi connectivity index (χ1n) is 5.75. The van der Waals surface area contributed by atoms with E-state index in [-0.39, 0.29) is 5.97 Å². The van der Waals surface area contributed by atoms with Crippen LogP contribution < -0.4 is 5.73 Å². The van der Waals surface area contributed by atoms with Crippen molar-refractivity contribution in [2.45, 2.75) is 26.4 Å². The summed E-state index contributed by atoms with van der Waals surface area (Å²) in [6.45, 7) is 5.51. The van der Waals surface area contributed by atoms with Crippen molar-refractivity contribution in [2.24, 2.45) is 0 Å². The van der Waals surface area contributed by atoms with Crippen molar-refractivity contribution in [1.82, 2.24) is 0 Å². The Morgan fingerprint density at radius 1 is 1.20 bits per heavy atom. The highest BCUT2D eigenvalue weighted by Gasteiger charge is 2.23. The molecule has 0 radical (unpaired) electrons. The van der Waals surface area contributed by atoms with Crippen molar-refractivity contribution < 1.29 is 9.53 Å². The first kappa shape index (κ1) is 16.0. The maximum atomic E-state index is 12.1. The van der Waals surface area contributed by atoms with Gasteiger partial charge in [0.05, 0.1) is 9.47 Å². The molecule has 2 N–H and O–H groups in total. The molecule has 2 heterocycles. The molecule has 2 aromatic heterocycles. The minimum atomic E-state index is -0.525. The van der Waals surface area contributed by atoms with E-state index in [1.54, 1.807) is 11.3 Å². The fraction of sp³-hybridized carbons (Fsp3) is 0.308. The van der Waals surface area contributed by atoms with Gasteiger partial charge in [-0.1, -0.05) is 0 Å². The number of nitrogens with two attached hydrogens (primary N) is 1. The van der Waals surface area contributed by atoms with Crippen LogP contribution >= 0.6 is 54.5 Å². The summed E-state index contributed by atoms with van der Waals surface area (Å²) in [6.07, 6.45) is 0. The molecule has 20 heavy (non-hydrogen) atoms. The summed E-state index contributed by atoms with van der Waals surface area (Å²) < 4.78 is 7.36. The zero-order valence-corrected chi connectivity index (χ0v) is 15.9. The number of esters is 1. The average molecular weight is 439 g/mol. The van der Waals surface area contributed by atoms with Crippen molar-refractivity contribution >= 4 is 66.2 Å². The van der Waals surface area contributed by atoms with Crippen molar-refractivity contribution in [3.05, 3.63) is 25.3 Å². The molecule has 2 aromatic rings. The Kier molecular flexibility index (Phi) is 4.63. The molecule has 0 atom stereocenters. The molecule has 0 aliphatic heterocycles. The molecule has 0 saturated heterocycles. The molecule has 0 spiro atoms. The summed E-state index contributed by atoms with van der Waals surface area (Å²) in [7, 11) is 0. The van der Waals surface area contributed by atoms with E-state index >= 15 is 0 Å². The lowest BCUT2D eigenvalue weighted by Gasteiger charge is -2.18. The predicted molar refractivity (Wildman–Crippen MR) is 92.6 cm³/mol.